The normalized spacial score (nSPS) is 28.1. The fraction of sp³-hybridized carbons (Fsp3) is 0.600. The molecule has 0 radical (unpaired) electrons. The van der Waals surface area contributed by atoms with Crippen molar-refractivity contribution in [3.63, 3.8) is 0 Å². The van der Waals surface area contributed by atoms with Crippen LogP contribution in [-0.4, -0.2) is 18.2 Å². The highest BCUT2D eigenvalue weighted by atomic mass is 16.5. The Bertz CT molecular complexity index is 411. The predicted molar refractivity (Wildman–Crippen MR) is 71.3 cm³/mol. The Morgan fingerprint density at radius 2 is 1.94 bits per heavy atom. The second kappa shape index (κ2) is 4.43. The zero-order chi connectivity index (χ0) is 12.6. The van der Waals surface area contributed by atoms with Crippen LogP contribution in [0.4, 0.5) is 0 Å². The van der Waals surface area contributed by atoms with Crippen molar-refractivity contribution >= 4 is 0 Å². The van der Waals surface area contributed by atoms with Gasteiger partial charge >= 0.3 is 0 Å². The summed E-state index contributed by atoms with van der Waals surface area (Å²) in [7, 11) is 0. The molecule has 2 unspecified atom stereocenters. The average Bonchev–Trinajstić information content (AvgIpc) is 2.21. The van der Waals surface area contributed by atoms with Gasteiger partial charge in [-0.2, -0.15) is 0 Å². The van der Waals surface area contributed by atoms with Crippen LogP contribution in [0.3, 0.4) is 0 Å². The SMILES string of the molecule is Cc1ccc(C2OCC(C)(C)NC2C)cc1C. The highest BCUT2D eigenvalue weighted by molar-refractivity contribution is 5.32. The van der Waals surface area contributed by atoms with Gasteiger partial charge in [0.25, 0.3) is 0 Å². The molecule has 1 aromatic carbocycles. The first-order valence-electron chi connectivity index (χ1n) is 6.35. The maximum absolute atomic E-state index is 6.02. The van der Waals surface area contributed by atoms with E-state index in [2.05, 4.69) is 58.1 Å². The van der Waals surface area contributed by atoms with E-state index in [9.17, 15) is 0 Å². The molecule has 1 aliphatic rings. The first-order chi connectivity index (χ1) is 7.89. The van der Waals surface area contributed by atoms with Gasteiger partial charge in [0.15, 0.2) is 0 Å². The number of rotatable bonds is 1. The fourth-order valence-electron chi connectivity index (χ4n) is 2.50. The Hall–Kier alpha value is -0.860. The maximum atomic E-state index is 6.02. The van der Waals surface area contributed by atoms with Gasteiger partial charge in [0.1, 0.15) is 0 Å². The second-order valence-corrected chi connectivity index (χ2v) is 5.89. The number of hydrogen-bond acceptors (Lipinski definition) is 2. The van der Waals surface area contributed by atoms with Crippen LogP contribution in [-0.2, 0) is 4.74 Å². The second-order valence-electron chi connectivity index (χ2n) is 5.89. The van der Waals surface area contributed by atoms with Crippen LogP contribution in [0.5, 0.6) is 0 Å². The van der Waals surface area contributed by atoms with Gasteiger partial charge in [-0.3, -0.25) is 0 Å². The molecule has 0 bridgehead atoms. The van der Waals surface area contributed by atoms with Crippen LogP contribution in [0, 0.1) is 13.8 Å². The van der Waals surface area contributed by atoms with E-state index in [4.69, 9.17) is 4.74 Å². The van der Waals surface area contributed by atoms with E-state index in [-0.39, 0.29) is 11.6 Å². The maximum Gasteiger partial charge on any atom is 0.0976 e. The van der Waals surface area contributed by atoms with Crippen LogP contribution in [0.1, 0.15) is 43.6 Å². The van der Waals surface area contributed by atoms with E-state index in [1.165, 1.54) is 16.7 Å². The molecule has 1 fully saturated rings. The summed E-state index contributed by atoms with van der Waals surface area (Å²) < 4.78 is 6.02. The molecule has 0 amide bonds. The quantitative estimate of drug-likeness (QED) is 0.804. The number of morpholine rings is 1. The van der Waals surface area contributed by atoms with Gasteiger partial charge in [-0.25, -0.2) is 0 Å². The molecule has 2 heteroatoms. The lowest BCUT2D eigenvalue weighted by Gasteiger charge is -2.41. The molecule has 17 heavy (non-hydrogen) atoms. The summed E-state index contributed by atoms with van der Waals surface area (Å²) in [5.74, 6) is 0. The minimum Gasteiger partial charge on any atom is -0.370 e. The Morgan fingerprint density at radius 3 is 2.53 bits per heavy atom. The number of nitrogens with one attached hydrogen (secondary N) is 1. The first-order valence-corrected chi connectivity index (χ1v) is 6.35. The van der Waals surface area contributed by atoms with Gasteiger partial charge in [-0.15, -0.1) is 0 Å². The van der Waals surface area contributed by atoms with Crippen molar-refractivity contribution in [3.05, 3.63) is 34.9 Å². The number of aryl methyl sites for hydroxylation is 2. The fourth-order valence-corrected chi connectivity index (χ4v) is 2.50. The monoisotopic (exact) mass is 233 g/mol. The Balaban J connectivity index is 2.20. The van der Waals surface area contributed by atoms with Crippen LogP contribution >= 0.6 is 0 Å². The smallest absolute Gasteiger partial charge is 0.0976 e. The van der Waals surface area contributed by atoms with Crippen LogP contribution in [0.25, 0.3) is 0 Å². The lowest BCUT2D eigenvalue weighted by Crippen LogP contribution is -2.55. The minimum atomic E-state index is 0.0790. The van der Waals surface area contributed by atoms with E-state index in [1.54, 1.807) is 0 Å². The summed E-state index contributed by atoms with van der Waals surface area (Å²) in [6, 6.07) is 6.96. The van der Waals surface area contributed by atoms with E-state index < -0.39 is 0 Å². The highest BCUT2D eigenvalue weighted by Crippen LogP contribution is 2.29. The molecule has 2 atom stereocenters. The third-order valence-corrected chi connectivity index (χ3v) is 3.56. The molecule has 0 spiro atoms. The van der Waals surface area contributed by atoms with Crippen LogP contribution in [0.15, 0.2) is 18.2 Å². The largest absolute Gasteiger partial charge is 0.370 e. The molecule has 1 aliphatic heterocycles. The molecule has 1 heterocycles. The van der Waals surface area contributed by atoms with Crippen molar-refractivity contribution in [2.45, 2.75) is 52.3 Å². The number of hydrogen-bond donors (Lipinski definition) is 1. The van der Waals surface area contributed by atoms with Crippen molar-refractivity contribution in [2.75, 3.05) is 6.61 Å². The van der Waals surface area contributed by atoms with E-state index in [0.717, 1.165) is 6.61 Å². The van der Waals surface area contributed by atoms with Crippen molar-refractivity contribution in [2.24, 2.45) is 0 Å². The molecular formula is C15H23NO. The lowest BCUT2D eigenvalue weighted by molar-refractivity contribution is -0.0495. The van der Waals surface area contributed by atoms with Gasteiger partial charge in [0.05, 0.1) is 12.7 Å². The van der Waals surface area contributed by atoms with Gasteiger partial charge < -0.3 is 10.1 Å². The molecule has 0 aliphatic carbocycles. The highest BCUT2D eigenvalue weighted by Gasteiger charge is 2.33. The third kappa shape index (κ3) is 2.70. The van der Waals surface area contributed by atoms with Gasteiger partial charge in [-0.05, 0) is 51.3 Å². The summed E-state index contributed by atoms with van der Waals surface area (Å²) in [5, 5.41) is 3.61. The van der Waals surface area contributed by atoms with Crippen LogP contribution < -0.4 is 5.32 Å². The van der Waals surface area contributed by atoms with Gasteiger partial charge in [0, 0.05) is 11.6 Å². The molecule has 0 aromatic heterocycles. The summed E-state index contributed by atoms with van der Waals surface area (Å²) >= 11 is 0. The van der Waals surface area contributed by atoms with Crippen molar-refractivity contribution in [1.29, 1.82) is 0 Å². The summed E-state index contributed by atoms with van der Waals surface area (Å²) in [6.45, 7) is 11.6. The number of benzene rings is 1. The molecule has 2 nitrogen and oxygen atoms in total. The summed E-state index contributed by atoms with van der Waals surface area (Å²) in [5.41, 5.74) is 4.03. The zero-order valence-corrected chi connectivity index (χ0v) is 11.5. The van der Waals surface area contributed by atoms with Crippen molar-refractivity contribution < 1.29 is 4.74 Å². The van der Waals surface area contributed by atoms with Gasteiger partial charge in [-0.1, -0.05) is 18.2 Å². The third-order valence-electron chi connectivity index (χ3n) is 3.56. The molecule has 1 N–H and O–H groups in total. The Kier molecular flexibility index (Phi) is 3.28. The van der Waals surface area contributed by atoms with Gasteiger partial charge in [0.2, 0.25) is 0 Å². The Morgan fingerprint density at radius 1 is 1.24 bits per heavy atom. The van der Waals surface area contributed by atoms with E-state index in [1.807, 2.05) is 0 Å². The Labute approximate surface area is 104 Å². The first kappa shape index (κ1) is 12.6. The predicted octanol–water partition coefficient (Wildman–Crippen LogP) is 3.13. The molecule has 2 rings (SSSR count). The zero-order valence-electron chi connectivity index (χ0n) is 11.5. The van der Waals surface area contributed by atoms with Crippen molar-refractivity contribution in [3.8, 4) is 0 Å². The lowest BCUT2D eigenvalue weighted by atomic mass is 9.94. The van der Waals surface area contributed by atoms with Crippen LogP contribution in [0.2, 0.25) is 0 Å². The molecule has 0 saturated carbocycles. The number of ether oxygens (including phenoxy) is 1. The molecular weight excluding hydrogens is 210 g/mol. The summed E-state index contributed by atoms with van der Waals surface area (Å²) in [6.07, 6.45) is 0.169. The molecule has 1 saturated heterocycles. The minimum absolute atomic E-state index is 0.0790. The van der Waals surface area contributed by atoms with Crippen molar-refractivity contribution in [1.82, 2.24) is 5.32 Å². The average molecular weight is 233 g/mol. The summed E-state index contributed by atoms with van der Waals surface area (Å²) in [4.78, 5) is 0. The molecule has 1 aromatic rings. The van der Waals surface area contributed by atoms with E-state index in [0.29, 0.717) is 6.04 Å². The standard InChI is InChI=1S/C15H23NO/c1-10-6-7-13(8-11(10)2)14-12(3)16-15(4,5)9-17-14/h6-8,12,14,16H,9H2,1-5H3. The van der Waals surface area contributed by atoms with E-state index >= 15 is 0 Å². The molecule has 94 valence electrons. The topological polar surface area (TPSA) is 21.3 Å².